The molecule has 5 rings (SSSR count). The number of benzene rings is 1. The fourth-order valence-corrected chi connectivity index (χ4v) is 5.11. The molecule has 2 N–H and O–H groups in total. The Morgan fingerprint density at radius 2 is 2.06 bits per heavy atom. The average molecular weight is 427 g/mol. The first kappa shape index (κ1) is 22.0. The third kappa shape index (κ3) is 4.99. The van der Waals surface area contributed by atoms with E-state index in [0.29, 0.717) is 25.1 Å². The van der Waals surface area contributed by atoms with E-state index in [4.69, 9.17) is 4.74 Å². The van der Waals surface area contributed by atoms with Gasteiger partial charge in [0.2, 0.25) is 5.91 Å². The van der Waals surface area contributed by atoms with Gasteiger partial charge in [-0.25, -0.2) is 4.68 Å². The number of methoxy groups -OCH3 is 1. The van der Waals surface area contributed by atoms with Crippen molar-refractivity contribution in [1.29, 1.82) is 0 Å². The lowest BCUT2D eigenvalue weighted by molar-refractivity contribution is -0.945. The van der Waals surface area contributed by atoms with Gasteiger partial charge in [0.1, 0.15) is 11.7 Å². The summed E-state index contributed by atoms with van der Waals surface area (Å²) in [7, 11) is 1.66. The highest BCUT2D eigenvalue weighted by Crippen LogP contribution is 2.28. The Balaban J connectivity index is 1.36. The Labute approximate surface area is 185 Å². The third-order valence-corrected chi connectivity index (χ3v) is 6.99. The summed E-state index contributed by atoms with van der Waals surface area (Å²) in [6.07, 6.45) is 4.27. The lowest BCUT2D eigenvalue weighted by Crippen LogP contribution is -3.20. The maximum absolute atomic E-state index is 12.6. The molecule has 0 radical (unpaired) electrons. The Hall–Kier alpha value is -2.25. The highest BCUT2D eigenvalue weighted by Gasteiger charge is 2.46. The van der Waals surface area contributed by atoms with Crippen LogP contribution in [0.4, 0.5) is 0 Å². The van der Waals surface area contributed by atoms with Crippen LogP contribution < -0.4 is 10.2 Å². The molecule has 3 aliphatic rings. The summed E-state index contributed by atoms with van der Waals surface area (Å²) in [5.41, 5.74) is 3.48. The first-order chi connectivity index (χ1) is 14.8. The Morgan fingerprint density at radius 3 is 2.71 bits per heavy atom. The number of ether oxygens (including phenoxy) is 1. The monoisotopic (exact) mass is 426 g/mol. The van der Waals surface area contributed by atoms with E-state index in [0.717, 1.165) is 43.7 Å². The molecule has 3 saturated heterocycles. The second kappa shape index (κ2) is 9.09. The summed E-state index contributed by atoms with van der Waals surface area (Å²) >= 11 is 0. The molecule has 168 valence electrons. The zero-order valence-corrected chi connectivity index (χ0v) is 19.2. The van der Waals surface area contributed by atoms with Crippen molar-refractivity contribution in [3.63, 3.8) is 0 Å². The summed E-state index contributed by atoms with van der Waals surface area (Å²) in [5.74, 6) is 0.793. The summed E-state index contributed by atoms with van der Waals surface area (Å²) < 4.78 is 7.03. The van der Waals surface area contributed by atoms with E-state index in [9.17, 15) is 4.79 Å². The molecule has 0 saturated carbocycles. The zero-order valence-electron chi connectivity index (χ0n) is 19.2. The molecule has 0 spiro atoms. The van der Waals surface area contributed by atoms with E-state index in [2.05, 4.69) is 66.9 Å². The lowest BCUT2D eigenvalue weighted by Gasteiger charge is -2.46. The summed E-state index contributed by atoms with van der Waals surface area (Å²) in [4.78, 5) is 14.1. The zero-order chi connectivity index (χ0) is 22.0. The minimum Gasteiger partial charge on any atom is -0.383 e. The van der Waals surface area contributed by atoms with Crippen LogP contribution >= 0.6 is 0 Å². The summed E-state index contributed by atoms with van der Waals surface area (Å²) in [5, 5.41) is 11.9. The first-order valence-corrected chi connectivity index (χ1v) is 11.5. The second-order valence-electron chi connectivity index (χ2n) is 10.1. The molecule has 2 bridgehead atoms. The Kier molecular flexibility index (Phi) is 6.44. The predicted octanol–water partition coefficient (Wildman–Crippen LogP) is 1.30. The molecule has 31 heavy (non-hydrogen) atoms. The van der Waals surface area contributed by atoms with Gasteiger partial charge in [0, 0.05) is 32.1 Å². The van der Waals surface area contributed by atoms with Gasteiger partial charge in [-0.05, 0) is 16.9 Å². The molecule has 3 fully saturated rings. The Morgan fingerprint density at radius 1 is 1.29 bits per heavy atom. The molecule has 7 heteroatoms. The van der Waals surface area contributed by atoms with Crippen molar-refractivity contribution in [3.05, 3.63) is 36.0 Å². The molecular weight excluding hydrogens is 390 g/mol. The van der Waals surface area contributed by atoms with Crippen LogP contribution in [-0.2, 0) is 21.5 Å². The highest BCUT2D eigenvalue weighted by molar-refractivity contribution is 5.79. The van der Waals surface area contributed by atoms with E-state index < -0.39 is 0 Å². The number of quaternary nitrogens is 1. The average Bonchev–Trinajstić information content (AvgIpc) is 3.22. The lowest BCUT2D eigenvalue weighted by atomic mass is 9.75. The van der Waals surface area contributed by atoms with Crippen LogP contribution in [0.2, 0.25) is 0 Å². The minimum atomic E-state index is 0.129. The Bertz CT molecular complexity index is 886. The maximum atomic E-state index is 12.6. The van der Waals surface area contributed by atoms with Gasteiger partial charge in [0.05, 0.1) is 38.4 Å². The van der Waals surface area contributed by atoms with Crippen LogP contribution in [0.25, 0.3) is 11.3 Å². The molecule has 1 amide bonds. The third-order valence-electron chi connectivity index (χ3n) is 6.99. The molecular formula is C24H36N5O2+. The van der Waals surface area contributed by atoms with E-state index >= 15 is 0 Å². The van der Waals surface area contributed by atoms with E-state index in [1.165, 1.54) is 10.5 Å². The van der Waals surface area contributed by atoms with Crippen molar-refractivity contribution in [1.82, 2.24) is 20.3 Å². The van der Waals surface area contributed by atoms with E-state index in [-0.39, 0.29) is 17.2 Å². The molecule has 0 aliphatic carbocycles. The van der Waals surface area contributed by atoms with E-state index in [1.54, 1.807) is 7.11 Å². The quantitative estimate of drug-likeness (QED) is 0.655. The molecule has 3 aliphatic heterocycles. The SMILES string of the molecule is COCCNC(=O)[C@H]1C[NH+]2CC[C@@H]1C[C@@H]2Cn1cc(-c2ccc(C(C)(C)C)cc2)nn1. The van der Waals surface area contributed by atoms with Crippen LogP contribution in [0.5, 0.6) is 0 Å². The standard InChI is InChI=1S/C24H35N5O2/c1-24(2,3)19-7-5-17(6-8-19)22-16-29(27-26-22)14-20-13-18-9-11-28(20)15-21(18)23(30)25-10-12-31-4/h5-8,16,18,20-21H,9-15H2,1-4H3,(H,25,30)/p+1/t18-,20-,21+/m1/s1. The van der Waals surface area contributed by atoms with E-state index in [1.807, 2.05) is 4.68 Å². The van der Waals surface area contributed by atoms with Crippen molar-refractivity contribution in [3.8, 4) is 11.3 Å². The number of hydrogen-bond acceptors (Lipinski definition) is 4. The van der Waals surface area contributed by atoms with Gasteiger partial charge in [0.25, 0.3) is 0 Å². The van der Waals surface area contributed by atoms with Gasteiger partial charge in [-0.15, -0.1) is 5.10 Å². The molecule has 1 aromatic carbocycles. The van der Waals surface area contributed by atoms with Crippen LogP contribution in [0.15, 0.2) is 30.5 Å². The largest absolute Gasteiger partial charge is 0.383 e. The van der Waals surface area contributed by atoms with Crippen molar-refractivity contribution in [2.75, 3.05) is 33.4 Å². The number of carbonyl (C=O) groups excluding carboxylic acids is 1. The van der Waals surface area contributed by atoms with Crippen LogP contribution in [0.1, 0.15) is 39.2 Å². The predicted molar refractivity (Wildman–Crippen MR) is 120 cm³/mol. The van der Waals surface area contributed by atoms with Crippen molar-refractivity contribution >= 4 is 5.91 Å². The number of nitrogens with one attached hydrogen (secondary N) is 2. The van der Waals surface area contributed by atoms with Crippen molar-refractivity contribution in [2.24, 2.45) is 11.8 Å². The maximum Gasteiger partial charge on any atom is 0.229 e. The molecule has 1 unspecified atom stereocenters. The van der Waals surface area contributed by atoms with Gasteiger partial charge in [0.15, 0.2) is 0 Å². The second-order valence-corrected chi connectivity index (χ2v) is 10.1. The fraction of sp³-hybridized carbons (Fsp3) is 0.625. The van der Waals surface area contributed by atoms with Gasteiger partial charge in [-0.3, -0.25) is 4.79 Å². The highest BCUT2D eigenvalue weighted by atomic mass is 16.5. The minimum absolute atomic E-state index is 0.129. The van der Waals surface area contributed by atoms with Crippen LogP contribution in [0, 0.1) is 11.8 Å². The first-order valence-electron chi connectivity index (χ1n) is 11.5. The number of carbonyl (C=O) groups is 1. The summed E-state index contributed by atoms with van der Waals surface area (Å²) in [6.45, 7) is 10.8. The molecule has 7 nitrogen and oxygen atoms in total. The topological polar surface area (TPSA) is 73.5 Å². The van der Waals surface area contributed by atoms with Gasteiger partial charge in [-0.1, -0.05) is 50.3 Å². The molecule has 4 heterocycles. The van der Waals surface area contributed by atoms with Crippen LogP contribution in [0.3, 0.4) is 0 Å². The number of amides is 1. The number of aromatic nitrogens is 3. The van der Waals surface area contributed by atoms with Gasteiger partial charge >= 0.3 is 0 Å². The number of piperidine rings is 3. The number of rotatable bonds is 7. The number of hydrogen-bond donors (Lipinski definition) is 2. The molecule has 1 aromatic heterocycles. The smallest absolute Gasteiger partial charge is 0.229 e. The normalized spacial score (nSPS) is 25.5. The number of nitrogens with zero attached hydrogens (tertiary/aromatic N) is 3. The van der Waals surface area contributed by atoms with Crippen LogP contribution in [-0.4, -0.2) is 60.3 Å². The fourth-order valence-electron chi connectivity index (χ4n) is 5.11. The van der Waals surface area contributed by atoms with Crippen molar-refractivity contribution < 1.29 is 14.4 Å². The molecule has 4 atom stereocenters. The molecule has 2 aromatic rings. The summed E-state index contributed by atoms with van der Waals surface area (Å²) in [6, 6.07) is 9.14. The van der Waals surface area contributed by atoms with Crippen molar-refractivity contribution in [2.45, 2.75) is 51.6 Å². The van der Waals surface area contributed by atoms with Gasteiger partial charge < -0.3 is 15.0 Å². The van der Waals surface area contributed by atoms with Gasteiger partial charge in [-0.2, -0.15) is 0 Å². The number of fused-ring (bicyclic) bond motifs is 3.